The summed E-state index contributed by atoms with van der Waals surface area (Å²) in [7, 11) is 0. The molecule has 2 aliphatic heterocycles. The molecule has 2 saturated heterocycles. The summed E-state index contributed by atoms with van der Waals surface area (Å²) < 4.78 is 1.85. The highest BCUT2D eigenvalue weighted by Gasteiger charge is 2.39. The summed E-state index contributed by atoms with van der Waals surface area (Å²) in [4.78, 5) is 83.9. The molecule has 0 aliphatic carbocycles. The van der Waals surface area contributed by atoms with Gasteiger partial charge in [0, 0.05) is 30.8 Å². The van der Waals surface area contributed by atoms with Gasteiger partial charge in [0.25, 0.3) is 5.91 Å². The minimum atomic E-state index is -1.48. The van der Waals surface area contributed by atoms with Gasteiger partial charge in [-0.1, -0.05) is 49.4 Å². The fraction of sp³-hybridized carbons (Fsp3) is 0.488. The molecule has 6 amide bonds. The third-order valence-electron chi connectivity index (χ3n) is 10.3. The van der Waals surface area contributed by atoms with Crippen molar-refractivity contribution in [1.29, 1.82) is 0 Å². The molecule has 3 aromatic rings. The molecule has 0 spiro atoms. The van der Waals surface area contributed by atoms with Gasteiger partial charge >= 0.3 is 0 Å². The molecule has 2 aliphatic rings. The second-order valence-electron chi connectivity index (χ2n) is 14.7. The number of aliphatic hydroxyl groups is 1. The summed E-state index contributed by atoms with van der Waals surface area (Å²) in [5.74, 6) is -3.36. The standard InChI is InChI=1S/C41H54N8O7/c1-5-31-37(52)46-35(27(4)50)40(55)45-33(23-28-13-7-6-8-14-28)41(56)48-20-12-18-34(48)39(54)42-19-10-9-17-32(38(53)43-31)44-36(51)30-16-11-15-29(22-30)24-49-26(3)21-25(2)47-49/h6-8,11,13-16,21-22,27,31-35,50H,5,9-10,12,17-20,23-24H2,1-4H3,(H,42,54)(H,43,53)(H,44,51)(H,45,55)(H,46,52)/t27-,31+,32+,33-,34+,35+/m1/s1. The molecule has 0 bridgehead atoms. The van der Waals surface area contributed by atoms with E-state index in [0.717, 1.165) is 22.5 Å². The van der Waals surface area contributed by atoms with Crippen LogP contribution in [-0.4, -0.2) is 105 Å². The fourth-order valence-electron chi connectivity index (χ4n) is 7.23. The number of aromatic nitrogens is 2. The van der Waals surface area contributed by atoms with E-state index in [1.165, 1.54) is 11.8 Å². The zero-order valence-corrected chi connectivity index (χ0v) is 32.5. The van der Waals surface area contributed by atoms with E-state index < -0.39 is 65.8 Å². The van der Waals surface area contributed by atoms with Crippen LogP contribution in [0.3, 0.4) is 0 Å². The summed E-state index contributed by atoms with van der Waals surface area (Å²) in [6, 6.07) is 12.7. The Morgan fingerprint density at radius 3 is 2.29 bits per heavy atom. The maximum atomic E-state index is 14.1. The van der Waals surface area contributed by atoms with Gasteiger partial charge in [0.2, 0.25) is 29.5 Å². The minimum Gasteiger partial charge on any atom is -0.391 e. The molecule has 3 heterocycles. The van der Waals surface area contributed by atoms with E-state index in [-0.39, 0.29) is 31.7 Å². The summed E-state index contributed by atoms with van der Waals surface area (Å²) in [5, 5.41) is 29.0. The molecule has 0 unspecified atom stereocenters. The highest BCUT2D eigenvalue weighted by atomic mass is 16.3. The lowest BCUT2D eigenvalue weighted by molar-refractivity contribution is -0.142. The summed E-state index contributed by atoms with van der Waals surface area (Å²) in [6.07, 6.45) is 1.05. The van der Waals surface area contributed by atoms with Gasteiger partial charge in [-0.05, 0) is 88.6 Å². The number of carbonyl (C=O) groups excluding carboxylic acids is 6. The Morgan fingerprint density at radius 2 is 1.59 bits per heavy atom. The number of benzene rings is 2. The van der Waals surface area contributed by atoms with Gasteiger partial charge in [0.15, 0.2) is 0 Å². The molecule has 56 heavy (non-hydrogen) atoms. The van der Waals surface area contributed by atoms with Crippen LogP contribution in [0.5, 0.6) is 0 Å². The van der Waals surface area contributed by atoms with Crippen LogP contribution < -0.4 is 26.6 Å². The molecule has 0 radical (unpaired) electrons. The number of carbonyl (C=O) groups is 6. The molecule has 5 rings (SSSR count). The predicted octanol–water partition coefficient (Wildman–Crippen LogP) is 1.43. The topological polar surface area (TPSA) is 204 Å². The lowest BCUT2D eigenvalue weighted by Crippen LogP contribution is -2.61. The molecule has 0 saturated carbocycles. The minimum absolute atomic E-state index is 0.117. The van der Waals surface area contributed by atoms with Gasteiger partial charge in [0.1, 0.15) is 30.2 Å². The van der Waals surface area contributed by atoms with E-state index in [9.17, 15) is 33.9 Å². The normalized spacial score (nSPS) is 23.7. The Bertz CT molecular complexity index is 1880. The SMILES string of the molecule is CC[C@@H]1NC(=O)[C@@H](NC(=O)c2cccc(Cn3nc(C)cc3C)c2)CCCCNC(=O)[C@@H]2CCCN2C(=O)[C@@H](Cc2ccccc2)NC(=O)[C@H]([C@@H](C)O)NC1=O. The van der Waals surface area contributed by atoms with Crippen molar-refractivity contribution in [3.05, 3.63) is 88.7 Å². The molecule has 15 heteroatoms. The summed E-state index contributed by atoms with van der Waals surface area (Å²) in [6.45, 7) is 7.94. The van der Waals surface area contributed by atoms with E-state index in [1.807, 2.05) is 61.0 Å². The molecule has 2 fully saturated rings. The van der Waals surface area contributed by atoms with Gasteiger partial charge in [-0.2, -0.15) is 5.10 Å². The molecule has 6 atom stereocenters. The van der Waals surface area contributed by atoms with Crippen molar-refractivity contribution < 1.29 is 33.9 Å². The molecule has 2 aromatic carbocycles. The van der Waals surface area contributed by atoms with Crippen molar-refractivity contribution in [3.8, 4) is 0 Å². The van der Waals surface area contributed by atoms with E-state index in [2.05, 4.69) is 31.7 Å². The van der Waals surface area contributed by atoms with Crippen molar-refractivity contribution in [1.82, 2.24) is 41.3 Å². The molecule has 6 N–H and O–H groups in total. The van der Waals surface area contributed by atoms with Crippen molar-refractivity contribution >= 4 is 35.4 Å². The number of aryl methyl sites for hydroxylation is 2. The van der Waals surface area contributed by atoms with Gasteiger partial charge in [-0.15, -0.1) is 0 Å². The number of amides is 6. The largest absolute Gasteiger partial charge is 0.391 e. The Kier molecular flexibility index (Phi) is 14.4. The Labute approximate surface area is 327 Å². The maximum Gasteiger partial charge on any atom is 0.251 e. The van der Waals surface area contributed by atoms with E-state index in [0.29, 0.717) is 44.3 Å². The van der Waals surface area contributed by atoms with Crippen LogP contribution in [0.25, 0.3) is 0 Å². The highest BCUT2D eigenvalue weighted by molar-refractivity contribution is 5.99. The smallest absolute Gasteiger partial charge is 0.251 e. The maximum absolute atomic E-state index is 14.1. The van der Waals surface area contributed by atoms with Crippen molar-refractivity contribution in [2.75, 3.05) is 13.1 Å². The predicted molar refractivity (Wildman–Crippen MR) is 208 cm³/mol. The van der Waals surface area contributed by atoms with E-state index >= 15 is 0 Å². The van der Waals surface area contributed by atoms with Crippen molar-refractivity contribution in [2.24, 2.45) is 0 Å². The van der Waals surface area contributed by atoms with E-state index in [4.69, 9.17) is 0 Å². The average Bonchev–Trinajstić information content (AvgIpc) is 3.79. The number of hydrogen-bond donors (Lipinski definition) is 6. The average molecular weight is 771 g/mol. The first-order chi connectivity index (χ1) is 26.8. The van der Waals surface area contributed by atoms with Crippen LogP contribution >= 0.6 is 0 Å². The zero-order chi connectivity index (χ0) is 40.4. The van der Waals surface area contributed by atoms with Crippen LogP contribution in [0.15, 0.2) is 60.7 Å². The second-order valence-corrected chi connectivity index (χ2v) is 14.7. The second kappa shape index (κ2) is 19.3. The number of nitrogens with zero attached hydrogens (tertiary/aromatic N) is 3. The highest BCUT2D eigenvalue weighted by Crippen LogP contribution is 2.20. The van der Waals surface area contributed by atoms with Crippen molar-refractivity contribution in [3.63, 3.8) is 0 Å². The summed E-state index contributed by atoms with van der Waals surface area (Å²) in [5.41, 5.74) is 3.82. The Morgan fingerprint density at radius 1 is 0.857 bits per heavy atom. The van der Waals surface area contributed by atoms with Gasteiger partial charge in [-0.3, -0.25) is 33.4 Å². The molecule has 15 nitrogen and oxygen atoms in total. The third-order valence-corrected chi connectivity index (χ3v) is 10.3. The number of fused-ring (bicyclic) bond motifs is 1. The van der Waals surface area contributed by atoms with Crippen LogP contribution in [-0.2, 0) is 36.9 Å². The van der Waals surface area contributed by atoms with Crippen LogP contribution in [0.4, 0.5) is 0 Å². The quantitative estimate of drug-likeness (QED) is 0.197. The fourth-order valence-corrected chi connectivity index (χ4v) is 7.23. The number of nitrogens with one attached hydrogen (secondary N) is 5. The van der Waals surface area contributed by atoms with Crippen molar-refractivity contribution in [2.45, 2.75) is 115 Å². The van der Waals surface area contributed by atoms with Crippen LogP contribution in [0.2, 0.25) is 0 Å². The monoisotopic (exact) mass is 770 g/mol. The van der Waals surface area contributed by atoms with Gasteiger partial charge < -0.3 is 36.6 Å². The third kappa shape index (κ3) is 10.8. The van der Waals surface area contributed by atoms with Crippen LogP contribution in [0, 0.1) is 13.8 Å². The van der Waals surface area contributed by atoms with Gasteiger partial charge in [0.05, 0.1) is 18.3 Å². The van der Waals surface area contributed by atoms with Crippen LogP contribution in [0.1, 0.15) is 85.2 Å². The zero-order valence-electron chi connectivity index (χ0n) is 32.5. The molecule has 300 valence electrons. The lowest BCUT2D eigenvalue weighted by atomic mass is 10.0. The first-order valence-corrected chi connectivity index (χ1v) is 19.5. The van der Waals surface area contributed by atoms with Gasteiger partial charge in [-0.25, -0.2) is 0 Å². The number of hydrogen-bond acceptors (Lipinski definition) is 8. The first kappa shape index (κ1) is 41.6. The Hall–Kier alpha value is -5.57. The molecular formula is C41H54N8O7. The lowest BCUT2D eigenvalue weighted by Gasteiger charge is -2.30. The number of aliphatic hydroxyl groups excluding tert-OH is 1. The Balaban J connectivity index is 1.37. The molecule has 1 aromatic heterocycles. The first-order valence-electron chi connectivity index (χ1n) is 19.5. The summed E-state index contributed by atoms with van der Waals surface area (Å²) >= 11 is 0. The molecular weight excluding hydrogens is 717 g/mol. The van der Waals surface area contributed by atoms with E-state index in [1.54, 1.807) is 25.1 Å². The number of rotatable bonds is 8.